The molecule has 0 bridgehead atoms. The zero-order valence-corrected chi connectivity index (χ0v) is 18.3. The summed E-state index contributed by atoms with van der Waals surface area (Å²) in [4.78, 5) is 4.02. The minimum Gasteiger partial charge on any atom is -0.339 e. The maximum atomic E-state index is 12.8. The molecular formula is C23H28N4O2S. The number of nitrogens with zero attached hydrogens (tertiary/aromatic N) is 3. The first-order chi connectivity index (χ1) is 14.4. The van der Waals surface area contributed by atoms with Gasteiger partial charge < -0.3 is 9.88 Å². The lowest BCUT2D eigenvalue weighted by molar-refractivity contribution is 0.463. The van der Waals surface area contributed by atoms with Crippen LogP contribution in [0.15, 0.2) is 66.1 Å². The van der Waals surface area contributed by atoms with Crippen LogP contribution in [0, 0.1) is 0 Å². The first kappa shape index (κ1) is 20.8. The monoisotopic (exact) mass is 424 g/mol. The molecule has 0 aliphatic carbocycles. The summed E-state index contributed by atoms with van der Waals surface area (Å²) < 4.78 is 28.7. The second kappa shape index (κ2) is 8.71. The minimum atomic E-state index is -3.62. The molecule has 1 aliphatic heterocycles. The van der Waals surface area contributed by atoms with Crippen LogP contribution in [0.3, 0.4) is 0 Å². The van der Waals surface area contributed by atoms with Crippen molar-refractivity contribution in [1.82, 2.24) is 19.2 Å². The molecule has 0 saturated carbocycles. The second-order valence-electron chi connectivity index (χ2n) is 7.97. The van der Waals surface area contributed by atoms with Crippen molar-refractivity contribution in [3.05, 3.63) is 83.3 Å². The number of nitrogens with one attached hydrogen (secondary N) is 1. The third-order valence-corrected chi connectivity index (χ3v) is 7.33. The molecule has 0 radical (unpaired) electrons. The van der Waals surface area contributed by atoms with E-state index in [4.69, 9.17) is 0 Å². The number of hydrogen-bond acceptors (Lipinski definition) is 4. The van der Waals surface area contributed by atoms with Crippen molar-refractivity contribution in [3.8, 4) is 0 Å². The number of benzene rings is 2. The zero-order valence-electron chi connectivity index (χ0n) is 17.5. The van der Waals surface area contributed by atoms with E-state index in [-0.39, 0.29) is 11.1 Å². The highest BCUT2D eigenvalue weighted by Crippen LogP contribution is 2.28. The molecule has 1 N–H and O–H groups in total. The maximum absolute atomic E-state index is 12.8. The molecule has 1 aromatic heterocycles. The molecule has 1 atom stereocenters. The quantitative estimate of drug-likeness (QED) is 0.660. The third kappa shape index (κ3) is 4.48. The lowest BCUT2D eigenvalue weighted by atomic mass is 9.92. The Morgan fingerprint density at radius 3 is 2.70 bits per heavy atom. The number of aromatic nitrogens is 2. The average molecular weight is 425 g/mol. The highest BCUT2D eigenvalue weighted by molar-refractivity contribution is 7.89. The molecule has 0 saturated heterocycles. The van der Waals surface area contributed by atoms with E-state index in [9.17, 15) is 8.42 Å². The van der Waals surface area contributed by atoms with Crippen LogP contribution in [0.1, 0.15) is 34.7 Å². The normalized spacial score (nSPS) is 17.0. The number of hydrogen-bond donors (Lipinski definition) is 1. The van der Waals surface area contributed by atoms with Gasteiger partial charge in [0.15, 0.2) is 5.03 Å². The van der Waals surface area contributed by atoms with Gasteiger partial charge in [-0.1, -0.05) is 48.5 Å². The highest BCUT2D eigenvalue weighted by Gasteiger charge is 2.24. The minimum absolute atomic E-state index is 0.0749. The summed E-state index contributed by atoms with van der Waals surface area (Å²) in [6.45, 7) is 1.29. The van der Waals surface area contributed by atoms with E-state index in [1.165, 1.54) is 33.5 Å². The lowest BCUT2D eigenvalue weighted by Gasteiger charge is -2.21. The van der Waals surface area contributed by atoms with Crippen LogP contribution in [0.25, 0.3) is 0 Å². The first-order valence-corrected chi connectivity index (χ1v) is 11.7. The topological polar surface area (TPSA) is 67.2 Å². The van der Waals surface area contributed by atoms with Crippen molar-refractivity contribution in [2.75, 3.05) is 13.6 Å². The van der Waals surface area contributed by atoms with E-state index in [2.05, 4.69) is 46.7 Å². The summed E-state index contributed by atoms with van der Waals surface area (Å²) in [5.41, 5.74) is 4.90. The van der Waals surface area contributed by atoms with Gasteiger partial charge in [0, 0.05) is 32.9 Å². The van der Waals surface area contributed by atoms with Crippen molar-refractivity contribution < 1.29 is 8.42 Å². The number of rotatable bonds is 6. The van der Waals surface area contributed by atoms with Gasteiger partial charge in [0.1, 0.15) is 0 Å². The van der Waals surface area contributed by atoms with Crippen LogP contribution >= 0.6 is 0 Å². The Labute approximate surface area is 178 Å². The molecule has 6 nitrogen and oxygen atoms in total. The number of aryl methyl sites for hydroxylation is 2. The van der Waals surface area contributed by atoms with E-state index in [0.29, 0.717) is 6.54 Å². The van der Waals surface area contributed by atoms with Crippen LogP contribution in [-0.4, -0.2) is 35.9 Å². The SMILES string of the molecule is CN(Cc1ccc2c(c1)C(Cc1ccccc1)NCCC2)S(=O)(=O)c1cn(C)cn1. The van der Waals surface area contributed by atoms with E-state index < -0.39 is 10.0 Å². The van der Waals surface area contributed by atoms with Crippen molar-refractivity contribution in [1.29, 1.82) is 0 Å². The zero-order chi connectivity index (χ0) is 21.1. The largest absolute Gasteiger partial charge is 0.339 e. The molecule has 3 aromatic rings. The van der Waals surface area contributed by atoms with Crippen LogP contribution in [0.2, 0.25) is 0 Å². The second-order valence-corrected chi connectivity index (χ2v) is 9.96. The molecule has 2 aromatic carbocycles. The van der Waals surface area contributed by atoms with Gasteiger partial charge in [0.25, 0.3) is 10.0 Å². The number of imidazole rings is 1. The van der Waals surface area contributed by atoms with E-state index in [0.717, 1.165) is 31.4 Å². The Morgan fingerprint density at radius 2 is 1.97 bits per heavy atom. The molecule has 158 valence electrons. The predicted octanol–water partition coefficient (Wildman–Crippen LogP) is 3.06. The Morgan fingerprint density at radius 1 is 1.17 bits per heavy atom. The van der Waals surface area contributed by atoms with Crippen molar-refractivity contribution >= 4 is 10.0 Å². The Bertz CT molecular complexity index is 1110. The molecule has 1 aliphatic rings. The van der Waals surface area contributed by atoms with Crippen LogP contribution in [-0.2, 0) is 36.5 Å². The Hall–Kier alpha value is -2.48. The molecule has 0 spiro atoms. The summed E-state index contributed by atoms with van der Waals surface area (Å²) in [5, 5.41) is 3.76. The summed E-state index contributed by atoms with van der Waals surface area (Å²) in [6.07, 6.45) is 6.09. The standard InChI is InChI=1S/C23H28N4O2S/c1-26-16-23(25-17-26)30(28,29)27(2)15-19-10-11-20-9-6-12-24-22(21(20)13-19)14-18-7-4-3-5-8-18/h3-5,7-8,10-11,13,16-17,22,24H,6,9,12,14-15H2,1-2H3. The highest BCUT2D eigenvalue weighted by atomic mass is 32.2. The van der Waals surface area contributed by atoms with Gasteiger partial charge in [-0.15, -0.1) is 0 Å². The molecule has 0 fully saturated rings. The van der Waals surface area contributed by atoms with Crippen molar-refractivity contribution in [3.63, 3.8) is 0 Å². The van der Waals surface area contributed by atoms with Gasteiger partial charge in [-0.25, -0.2) is 13.4 Å². The van der Waals surface area contributed by atoms with Crippen LogP contribution < -0.4 is 5.32 Å². The summed E-state index contributed by atoms with van der Waals surface area (Å²) >= 11 is 0. The molecule has 1 unspecified atom stereocenters. The van der Waals surface area contributed by atoms with Gasteiger partial charge >= 0.3 is 0 Å². The van der Waals surface area contributed by atoms with E-state index >= 15 is 0 Å². The summed E-state index contributed by atoms with van der Waals surface area (Å²) in [6, 6.07) is 17.1. The molecule has 0 amide bonds. The molecule has 2 heterocycles. The van der Waals surface area contributed by atoms with Gasteiger partial charge in [-0.3, -0.25) is 0 Å². The van der Waals surface area contributed by atoms with Crippen molar-refractivity contribution in [2.24, 2.45) is 7.05 Å². The first-order valence-electron chi connectivity index (χ1n) is 10.3. The molecular weight excluding hydrogens is 396 g/mol. The summed E-state index contributed by atoms with van der Waals surface area (Å²) in [5.74, 6) is 0. The van der Waals surface area contributed by atoms with E-state index in [1.807, 2.05) is 12.1 Å². The number of fused-ring (bicyclic) bond motifs is 1. The fourth-order valence-electron chi connectivity index (χ4n) is 4.02. The van der Waals surface area contributed by atoms with Gasteiger partial charge in [-0.2, -0.15) is 4.31 Å². The number of sulfonamides is 1. The lowest BCUT2D eigenvalue weighted by Crippen LogP contribution is -2.27. The fraction of sp³-hybridized carbons (Fsp3) is 0.348. The third-order valence-electron chi connectivity index (χ3n) is 5.64. The van der Waals surface area contributed by atoms with Crippen molar-refractivity contribution in [2.45, 2.75) is 36.9 Å². The van der Waals surface area contributed by atoms with E-state index in [1.54, 1.807) is 18.7 Å². The Balaban J connectivity index is 1.58. The fourth-order valence-corrected chi connectivity index (χ4v) is 5.13. The smallest absolute Gasteiger partial charge is 0.262 e. The Kier molecular flexibility index (Phi) is 6.04. The molecule has 7 heteroatoms. The van der Waals surface area contributed by atoms with Crippen LogP contribution in [0.4, 0.5) is 0 Å². The molecule has 4 rings (SSSR count). The molecule has 30 heavy (non-hydrogen) atoms. The predicted molar refractivity (Wildman–Crippen MR) is 118 cm³/mol. The van der Waals surface area contributed by atoms with Crippen LogP contribution in [0.5, 0.6) is 0 Å². The summed E-state index contributed by atoms with van der Waals surface area (Å²) in [7, 11) is -0.252. The maximum Gasteiger partial charge on any atom is 0.262 e. The van der Waals surface area contributed by atoms with Gasteiger partial charge in [-0.05, 0) is 48.1 Å². The van der Waals surface area contributed by atoms with Gasteiger partial charge in [0.2, 0.25) is 0 Å². The average Bonchev–Trinajstić information content (AvgIpc) is 3.09. The van der Waals surface area contributed by atoms with Gasteiger partial charge in [0.05, 0.1) is 6.33 Å².